The molecular weight excluding hydrogens is 667 g/mol. The van der Waals surface area contributed by atoms with E-state index in [1.54, 1.807) is 6.56 Å². The van der Waals surface area contributed by atoms with Crippen LogP contribution in [0, 0.1) is 18.3 Å². The topological polar surface area (TPSA) is 0 Å². The molecule has 0 amide bonds. The van der Waals surface area contributed by atoms with E-state index in [1.165, 1.54) is 58.9 Å². The second-order valence-corrected chi connectivity index (χ2v) is 30.8. The summed E-state index contributed by atoms with van der Waals surface area (Å²) in [6.45, 7) is 21.3. The maximum absolute atomic E-state index is 5.51. The van der Waals surface area contributed by atoms with Gasteiger partial charge in [0, 0.05) is 0 Å². The Kier molecular flexibility index (Phi) is 7.98. The van der Waals surface area contributed by atoms with Crippen LogP contribution in [-0.4, -0.2) is 4.21 Å². The zero-order valence-electron chi connectivity index (χ0n) is 28.8. The summed E-state index contributed by atoms with van der Waals surface area (Å²) < 4.78 is 12.8. The van der Waals surface area contributed by atoms with Crippen molar-refractivity contribution in [2.45, 2.75) is 84.2 Å². The minimum absolute atomic E-state index is 0. The van der Waals surface area contributed by atoms with Gasteiger partial charge in [0.15, 0.2) is 0 Å². The number of fused-ring (bicyclic) bond motifs is 5. The van der Waals surface area contributed by atoms with E-state index in [9.17, 15) is 0 Å². The Morgan fingerprint density at radius 1 is 0.822 bits per heavy atom. The molecule has 236 valence electrons. The predicted molar refractivity (Wildman–Crippen MR) is 201 cm³/mol. The molecule has 0 saturated carbocycles. The summed E-state index contributed by atoms with van der Waals surface area (Å²) in [5.74, 6) is 0.389. The van der Waals surface area contributed by atoms with Gasteiger partial charge in [-0.2, -0.15) is 0 Å². The number of hydrogen-bond donors (Lipinski definition) is 0. The maximum atomic E-state index is 5.51. The van der Waals surface area contributed by atoms with Crippen molar-refractivity contribution >= 4 is 44.4 Å². The zero-order valence-corrected chi connectivity index (χ0v) is 32.9. The molecule has 0 bridgehead atoms. The van der Waals surface area contributed by atoms with E-state index in [0.717, 1.165) is 6.42 Å². The third-order valence-corrected chi connectivity index (χ3v) is 27.1. The average molecular weight is 717 g/mol. The average Bonchev–Trinajstić information content (AvgIpc) is 3.64. The molecule has 1 atom stereocenters. The molecule has 0 radical (unpaired) electrons. The molecule has 45 heavy (non-hydrogen) atoms. The molecule has 0 nitrogen and oxygen atoms in total. The van der Waals surface area contributed by atoms with Crippen LogP contribution in [0.4, 0.5) is 0 Å². The SMILES string of the molecule is Cl.Cl.[CH2]=[Zr]([CH3])([C]1=CC(C(C)(C)C)=CC1C)([C]1=Cc2cc3c(cc2C1(C)C)Cc1cc2c(cc1-3)C=CC2(C)C)[c]1ccc(C)cc1. The van der Waals surface area contributed by atoms with Crippen molar-refractivity contribution in [2.75, 3.05) is 0 Å². The quantitative estimate of drug-likeness (QED) is 0.198. The number of rotatable bonds is 3. The first-order valence-corrected chi connectivity index (χ1v) is 24.1. The fourth-order valence-electron chi connectivity index (χ4n) is 9.06. The third kappa shape index (κ3) is 4.81. The van der Waals surface area contributed by atoms with Crippen LogP contribution in [0.15, 0.2) is 78.9 Å². The molecule has 0 N–H and O–H groups in total. The molecule has 3 heteroatoms. The molecule has 0 saturated heterocycles. The van der Waals surface area contributed by atoms with E-state index in [-0.39, 0.29) is 41.1 Å². The molecule has 0 aliphatic heterocycles. The summed E-state index contributed by atoms with van der Waals surface area (Å²) in [6, 6.07) is 19.5. The predicted octanol–water partition coefficient (Wildman–Crippen LogP) is 11.3. The summed E-state index contributed by atoms with van der Waals surface area (Å²) in [7, 11) is 0. The van der Waals surface area contributed by atoms with Crippen molar-refractivity contribution in [1.82, 2.24) is 0 Å². The summed E-state index contributed by atoms with van der Waals surface area (Å²) in [5.41, 5.74) is 14.5. The molecule has 4 aliphatic carbocycles. The van der Waals surface area contributed by atoms with Crippen LogP contribution in [0.3, 0.4) is 0 Å². The van der Waals surface area contributed by atoms with Gasteiger partial charge in [-0.15, -0.1) is 24.8 Å². The van der Waals surface area contributed by atoms with Gasteiger partial charge in [0.1, 0.15) is 0 Å². The van der Waals surface area contributed by atoms with E-state index in [0.29, 0.717) is 5.92 Å². The molecule has 1 unspecified atom stereocenters. The number of halogens is 2. The molecule has 0 aromatic heterocycles. The first kappa shape index (κ1) is 34.3. The van der Waals surface area contributed by atoms with Crippen LogP contribution in [0.1, 0.15) is 94.3 Å². The Morgan fingerprint density at radius 2 is 1.40 bits per heavy atom. The van der Waals surface area contributed by atoms with Gasteiger partial charge in [0.25, 0.3) is 0 Å². The van der Waals surface area contributed by atoms with Crippen molar-refractivity contribution in [3.05, 3.63) is 118 Å². The first-order chi connectivity index (χ1) is 19.9. The molecule has 0 heterocycles. The summed E-state index contributed by atoms with van der Waals surface area (Å²) in [5, 5.41) is 0. The van der Waals surface area contributed by atoms with Crippen LogP contribution in [0.2, 0.25) is 4.63 Å². The van der Waals surface area contributed by atoms with E-state index in [1.807, 2.05) is 0 Å². The van der Waals surface area contributed by atoms with Gasteiger partial charge in [-0.1, -0.05) is 0 Å². The Balaban J connectivity index is 0.00000200. The van der Waals surface area contributed by atoms with Crippen molar-refractivity contribution in [3.63, 3.8) is 0 Å². The van der Waals surface area contributed by atoms with Crippen LogP contribution in [0.25, 0.3) is 23.3 Å². The normalized spacial score (nSPS) is 20.2. The standard InChI is InChI=1S/C23H21.C10H15.C7H7.CH3.CH2.2ClH.Zr/c1-22(2)7-5-14-10-18-16(12-20(14)22)9-17-13-21-15(11-19(17)18)6-8-23(21,3)4;1-8-5-6-9(7-8)10(2,3)4;1-7-5-3-2-4-6-7;;;;;/h5-7,10-13H,9H2,1-4H3;6-8H,1-4H3;3-6H,1H3;1H3;1H2;2*1H;. The van der Waals surface area contributed by atoms with E-state index >= 15 is 0 Å². The molecular formula is C42H50Cl2Zr. The van der Waals surface area contributed by atoms with E-state index < -0.39 is 18.3 Å². The summed E-state index contributed by atoms with van der Waals surface area (Å²) in [4.78, 5) is 0. The fourth-order valence-corrected chi connectivity index (χ4v) is 24.4. The Bertz CT molecular complexity index is 1950. The van der Waals surface area contributed by atoms with Crippen LogP contribution >= 0.6 is 24.8 Å². The van der Waals surface area contributed by atoms with Crippen LogP contribution in [0.5, 0.6) is 0 Å². The van der Waals surface area contributed by atoms with Crippen molar-refractivity contribution in [1.29, 1.82) is 0 Å². The first-order valence-electron chi connectivity index (χ1n) is 16.2. The molecule has 0 fully saturated rings. The summed E-state index contributed by atoms with van der Waals surface area (Å²) in [6.07, 6.45) is 13.4. The Morgan fingerprint density at radius 3 is 1.98 bits per heavy atom. The van der Waals surface area contributed by atoms with Crippen molar-refractivity contribution in [3.8, 4) is 11.1 Å². The number of benzene rings is 3. The van der Waals surface area contributed by atoms with Gasteiger partial charge in [-0.3, -0.25) is 0 Å². The minimum atomic E-state index is -4.29. The monoisotopic (exact) mass is 714 g/mol. The number of aryl methyl sites for hydroxylation is 1. The van der Waals surface area contributed by atoms with Gasteiger partial charge in [0.2, 0.25) is 0 Å². The van der Waals surface area contributed by atoms with Crippen molar-refractivity contribution in [2.24, 2.45) is 11.3 Å². The number of allylic oxidation sites excluding steroid dienone is 6. The molecule has 3 aromatic rings. The van der Waals surface area contributed by atoms with E-state index in [2.05, 4.69) is 146 Å². The zero-order chi connectivity index (χ0) is 30.9. The molecule has 0 spiro atoms. The second-order valence-electron chi connectivity index (χ2n) is 16.7. The fraction of sp³-hybridized carbons (Fsp3) is 0.357. The third-order valence-electron chi connectivity index (χ3n) is 11.7. The van der Waals surface area contributed by atoms with Crippen molar-refractivity contribution < 1.29 is 18.3 Å². The Hall–Kier alpha value is -2.05. The van der Waals surface area contributed by atoms with Crippen LogP contribution in [-0.2, 0) is 35.5 Å². The summed E-state index contributed by atoms with van der Waals surface area (Å²) >= 11 is -4.29. The second kappa shape index (κ2) is 10.5. The Labute approximate surface area is 285 Å². The van der Waals surface area contributed by atoms with Gasteiger partial charge < -0.3 is 0 Å². The molecule has 4 aliphatic rings. The number of hydrogen-bond acceptors (Lipinski definition) is 0. The molecule has 3 aromatic carbocycles. The van der Waals surface area contributed by atoms with Crippen LogP contribution < -0.4 is 3.27 Å². The van der Waals surface area contributed by atoms with Gasteiger partial charge in [0.05, 0.1) is 0 Å². The van der Waals surface area contributed by atoms with Gasteiger partial charge >= 0.3 is 262 Å². The van der Waals surface area contributed by atoms with Gasteiger partial charge in [-0.05, 0) is 0 Å². The van der Waals surface area contributed by atoms with E-state index in [4.69, 9.17) is 4.21 Å². The van der Waals surface area contributed by atoms with Gasteiger partial charge in [-0.25, -0.2) is 0 Å². The molecule has 7 rings (SSSR count).